The Hall–Kier alpha value is -1.66. The highest BCUT2D eigenvalue weighted by atomic mass is 16.6. The van der Waals surface area contributed by atoms with Crippen LogP contribution in [0.1, 0.15) is 12.5 Å². The van der Waals surface area contributed by atoms with Gasteiger partial charge in [-0.3, -0.25) is 10.1 Å². The summed E-state index contributed by atoms with van der Waals surface area (Å²) in [5.74, 6) is 0. The summed E-state index contributed by atoms with van der Waals surface area (Å²) in [6.07, 6.45) is 0. The average molecular weight is 265 g/mol. The summed E-state index contributed by atoms with van der Waals surface area (Å²) in [6, 6.07) is 5.02. The summed E-state index contributed by atoms with van der Waals surface area (Å²) in [6.45, 7) is 4.70. The van der Waals surface area contributed by atoms with E-state index < -0.39 is 4.92 Å². The molecule has 0 spiro atoms. The quantitative estimate of drug-likeness (QED) is 0.657. The fourth-order valence-electron chi connectivity index (χ4n) is 2.59. The van der Waals surface area contributed by atoms with Gasteiger partial charge in [-0.2, -0.15) is 0 Å². The van der Waals surface area contributed by atoms with Crippen LogP contribution in [0.3, 0.4) is 0 Å². The Morgan fingerprint density at radius 2 is 2.21 bits per heavy atom. The molecule has 6 nitrogen and oxygen atoms in total. The lowest BCUT2D eigenvalue weighted by Gasteiger charge is -2.40. The van der Waals surface area contributed by atoms with Crippen LogP contribution >= 0.6 is 0 Å². The second kappa shape index (κ2) is 5.54. The van der Waals surface area contributed by atoms with Crippen molar-refractivity contribution in [1.29, 1.82) is 0 Å². The number of nitro benzene ring substituents is 1. The van der Waals surface area contributed by atoms with Crippen LogP contribution < -0.4 is 4.90 Å². The second-order valence-electron chi connectivity index (χ2n) is 5.03. The van der Waals surface area contributed by atoms with E-state index in [0.29, 0.717) is 11.6 Å². The molecular weight excluding hydrogens is 246 g/mol. The van der Waals surface area contributed by atoms with Gasteiger partial charge in [-0.25, -0.2) is 0 Å². The zero-order chi connectivity index (χ0) is 14.0. The number of anilines is 1. The lowest BCUT2D eigenvalue weighted by Crippen LogP contribution is -2.50. The number of benzene rings is 1. The number of nitrogens with zero attached hydrogens (tertiary/aromatic N) is 3. The van der Waals surface area contributed by atoms with Crippen molar-refractivity contribution in [3.63, 3.8) is 0 Å². The van der Waals surface area contributed by atoms with Crippen molar-refractivity contribution >= 4 is 11.4 Å². The van der Waals surface area contributed by atoms with Crippen LogP contribution in [0.4, 0.5) is 11.4 Å². The molecule has 0 aromatic heterocycles. The molecule has 0 bridgehead atoms. The Kier molecular flexibility index (Phi) is 4.01. The third-order valence-electron chi connectivity index (χ3n) is 3.58. The van der Waals surface area contributed by atoms with Gasteiger partial charge in [0.25, 0.3) is 5.69 Å². The Balaban J connectivity index is 2.31. The summed E-state index contributed by atoms with van der Waals surface area (Å²) in [5.41, 5.74) is 1.54. The van der Waals surface area contributed by atoms with E-state index in [-0.39, 0.29) is 12.3 Å². The minimum atomic E-state index is -0.434. The molecule has 6 heteroatoms. The first-order chi connectivity index (χ1) is 9.02. The smallest absolute Gasteiger partial charge is 0.269 e. The third-order valence-corrected chi connectivity index (χ3v) is 3.58. The molecule has 0 amide bonds. The van der Waals surface area contributed by atoms with Gasteiger partial charge in [0.05, 0.1) is 11.5 Å². The van der Waals surface area contributed by atoms with E-state index in [1.54, 1.807) is 6.07 Å². The van der Waals surface area contributed by atoms with E-state index in [9.17, 15) is 15.2 Å². The van der Waals surface area contributed by atoms with E-state index in [2.05, 4.69) is 23.8 Å². The molecule has 1 unspecified atom stereocenters. The Morgan fingerprint density at radius 3 is 2.79 bits per heavy atom. The summed E-state index contributed by atoms with van der Waals surface area (Å²) in [7, 11) is 2.08. The molecule has 1 aromatic carbocycles. The molecule has 1 saturated heterocycles. The summed E-state index contributed by atoms with van der Waals surface area (Å²) in [5, 5.41) is 20.2. The van der Waals surface area contributed by atoms with Gasteiger partial charge in [0.1, 0.15) is 0 Å². The first kappa shape index (κ1) is 13.8. The van der Waals surface area contributed by atoms with Crippen LogP contribution in [0.25, 0.3) is 0 Å². The van der Waals surface area contributed by atoms with Crippen molar-refractivity contribution in [2.45, 2.75) is 19.6 Å². The number of non-ortho nitro benzene ring substituents is 1. The van der Waals surface area contributed by atoms with Gasteiger partial charge in [-0.05, 0) is 20.0 Å². The van der Waals surface area contributed by atoms with Gasteiger partial charge >= 0.3 is 0 Å². The topological polar surface area (TPSA) is 69.9 Å². The molecule has 0 saturated carbocycles. The maximum atomic E-state index is 10.8. The van der Waals surface area contributed by atoms with E-state index in [4.69, 9.17) is 0 Å². The van der Waals surface area contributed by atoms with Crippen LogP contribution in [0.15, 0.2) is 18.2 Å². The fraction of sp³-hybridized carbons (Fsp3) is 0.538. The number of hydrogen-bond acceptors (Lipinski definition) is 5. The third kappa shape index (κ3) is 2.85. The largest absolute Gasteiger partial charge is 0.392 e. The lowest BCUT2D eigenvalue weighted by atomic mass is 10.1. The van der Waals surface area contributed by atoms with Gasteiger partial charge in [0.15, 0.2) is 0 Å². The maximum Gasteiger partial charge on any atom is 0.269 e. The molecule has 1 aliphatic heterocycles. The first-order valence-corrected chi connectivity index (χ1v) is 6.36. The van der Waals surface area contributed by atoms with Crippen molar-refractivity contribution < 1.29 is 10.0 Å². The van der Waals surface area contributed by atoms with Crippen molar-refractivity contribution in [1.82, 2.24) is 4.90 Å². The molecule has 1 aromatic rings. The number of piperazine rings is 1. The van der Waals surface area contributed by atoms with E-state index in [1.807, 2.05) is 0 Å². The molecule has 0 aliphatic carbocycles. The highest BCUT2D eigenvalue weighted by Gasteiger charge is 2.24. The maximum absolute atomic E-state index is 10.8. The minimum Gasteiger partial charge on any atom is -0.392 e. The van der Waals surface area contributed by atoms with Crippen LogP contribution in [0.5, 0.6) is 0 Å². The Morgan fingerprint density at radius 1 is 1.47 bits per heavy atom. The summed E-state index contributed by atoms with van der Waals surface area (Å²) < 4.78 is 0. The predicted octanol–water partition coefficient (Wildman–Crippen LogP) is 1.23. The molecule has 1 heterocycles. The van der Waals surface area contributed by atoms with E-state index >= 15 is 0 Å². The fourth-order valence-corrected chi connectivity index (χ4v) is 2.59. The highest BCUT2D eigenvalue weighted by molar-refractivity contribution is 5.58. The van der Waals surface area contributed by atoms with E-state index in [0.717, 1.165) is 25.3 Å². The molecule has 1 N–H and O–H groups in total. The van der Waals surface area contributed by atoms with Crippen LogP contribution in [0.2, 0.25) is 0 Å². The SMILES string of the molecule is CC1CN(C)CCN1c1ccc([N+](=O)[O-])cc1CO. The van der Waals surface area contributed by atoms with Gasteiger partial charge in [-0.1, -0.05) is 0 Å². The van der Waals surface area contributed by atoms with Crippen LogP contribution in [0, 0.1) is 10.1 Å². The molecule has 1 atom stereocenters. The van der Waals surface area contributed by atoms with E-state index in [1.165, 1.54) is 12.1 Å². The van der Waals surface area contributed by atoms with Crippen molar-refractivity contribution in [2.75, 3.05) is 31.6 Å². The molecule has 19 heavy (non-hydrogen) atoms. The van der Waals surface area contributed by atoms with Crippen molar-refractivity contribution in [3.05, 3.63) is 33.9 Å². The first-order valence-electron chi connectivity index (χ1n) is 6.36. The number of rotatable bonds is 3. The molecule has 104 valence electrons. The monoisotopic (exact) mass is 265 g/mol. The summed E-state index contributed by atoms with van der Waals surface area (Å²) in [4.78, 5) is 14.8. The zero-order valence-corrected chi connectivity index (χ0v) is 11.2. The van der Waals surface area contributed by atoms with Gasteiger partial charge in [0.2, 0.25) is 0 Å². The Bertz CT molecular complexity index is 478. The number of likely N-dealkylation sites (N-methyl/N-ethyl adjacent to an activating group) is 1. The molecule has 1 fully saturated rings. The highest BCUT2D eigenvalue weighted by Crippen LogP contribution is 2.28. The standard InChI is InChI=1S/C13H19N3O3/c1-10-8-14(2)5-6-15(10)13-4-3-12(16(18)19)7-11(13)9-17/h3-4,7,10,17H,5-6,8-9H2,1-2H3. The average Bonchev–Trinajstić information content (AvgIpc) is 2.38. The minimum absolute atomic E-state index is 0.0228. The van der Waals surface area contributed by atoms with Gasteiger partial charge < -0.3 is 14.9 Å². The predicted molar refractivity (Wildman–Crippen MR) is 73.3 cm³/mol. The molecule has 0 radical (unpaired) electrons. The van der Waals surface area contributed by atoms with Crippen LogP contribution in [-0.4, -0.2) is 47.7 Å². The number of aliphatic hydroxyl groups is 1. The number of hydrogen-bond donors (Lipinski definition) is 1. The number of aliphatic hydroxyl groups excluding tert-OH is 1. The zero-order valence-electron chi connectivity index (χ0n) is 11.2. The normalized spacial score (nSPS) is 20.6. The van der Waals surface area contributed by atoms with Crippen LogP contribution in [-0.2, 0) is 6.61 Å². The van der Waals surface area contributed by atoms with Crippen molar-refractivity contribution in [2.24, 2.45) is 0 Å². The lowest BCUT2D eigenvalue weighted by molar-refractivity contribution is -0.384. The molecular formula is C13H19N3O3. The summed E-state index contributed by atoms with van der Waals surface area (Å²) >= 11 is 0. The molecule has 2 rings (SSSR count). The second-order valence-corrected chi connectivity index (χ2v) is 5.03. The van der Waals surface area contributed by atoms with Gasteiger partial charge in [-0.15, -0.1) is 0 Å². The Labute approximate surface area is 112 Å². The molecule has 1 aliphatic rings. The van der Waals surface area contributed by atoms with Gasteiger partial charge in [0, 0.05) is 49.1 Å². The number of nitro groups is 1. The van der Waals surface area contributed by atoms with Crippen molar-refractivity contribution in [3.8, 4) is 0 Å².